The van der Waals surface area contributed by atoms with E-state index in [1.54, 1.807) is 26.2 Å². The number of halogens is 4. The predicted molar refractivity (Wildman–Crippen MR) is 114 cm³/mol. The number of carbonyl (C=O) groups excluding carboxylic acids is 1. The van der Waals surface area contributed by atoms with Crippen LogP contribution in [0.2, 0.25) is 0 Å². The van der Waals surface area contributed by atoms with E-state index >= 15 is 0 Å². The zero-order chi connectivity index (χ0) is 20.4. The van der Waals surface area contributed by atoms with Gasteiger partial charge in [0.25, 0.3) is 0 Å². The van der Waals surface area contributed by atoms with Crippen LogP contribution >= 0.6 is 24.0 Å². The number of nitrogens with one attached hydrogen (secondary N) is 2. The van der Waals surface area contributed by atoms with Crippen molar-refractivity contribution in [3.05, 3.63) is 29.8 Å². The van der Waals surface area contributed by atoms with Crippen LogP contribution in [0, 0.1) is 5.92 Å². The van der Waals surface area contributed by atoms with Gasteiger partial charge in [-0.05, 0) is 23.6 Å². The van der Waals surface area contributed by atoms with E-state index in [1.807, 2.05) is 0 Å². The second-order valence-electron chi connectivity index (χ2n) is 6.63. The number of aliphatic imine (C=N–C) groups is 1. The number of amides is 1. The molecule has 28 heavy (non-hydrogen) atoms. The van der Waals surface area contributed by atoms with Crippen molar-refractivity contribution >= 4 is 35.8 Å². The molecule has 6 nitrogen and oxygen atoms in total. The van der Waals surface area contributed by atoms with Crippen molar-refractivity contribution in [2.24, 2.45) is 10.9 Å². The molecule has 10 heteroatoms. The van der Waals surface area contributed by atoms with Crippen molar-refractivity contribution < 1.29 is 22.7 Å². The number of rotatable bonds is 8. The van der Waals surface area contributed by atoms with E-state index in [9.17, 15) is 18.0 Å². The number of hydrogen-bond donors (Lipinski definition) is 2. The van der Waals surface area contributed by atoms with Crippen LogP contribution in [0.15, 0.2) is 29.3 Å². The zero-order valence-corrected chi connectivity index (χ0v) is 18.8. The Morgan fingerprint density at radius 3 is 2.29 bits per heavy atom. The number of nitrogens with zero attached hydrogens (tertiary/aromatic N) is 2. The molecule has 0 heterocycles. The fourth-order valence-electron chi connectivity index (χ4n) is 1.82. The monoisotopic (exact) mass is 516 g/mol. The summed E-state index contributed by atoms with van der Waals surface area (Å²) in [6.45, 7) is 3.89. The summed E-state index contributed by atoms with van der Waals surface area (Å²) in [5, 5.41) is 6.12. The van der Waals surface area contributed by atoms with Gasteiger partial charge in [-0.1, -0.05) is 26.0 Å². The first-order valence-corrected chi connectivity index (χ1v) is 8.57. The number of likely N-dealkylation sites (N-methyl/N-ethyl adjacent to an activating group) is 1. The average Bonchev–Trinajstić information content (AvgIpc) is 2.59. The third-order valence-electron chi connectivity index (χ3n) is 3.33. The molecule has 1 aromatic carbocycles. The molecular weight excluding hydrogens is 488 g/mol. The van der Waals surface area contributed by atoms with Crippen molar-refractivity contribution in [3.8, 4) is 5.75 Å². The molecule has 1 aromatic rings. The summed E-state index contributed by atoms with van der Waals surface area (Å²) in [6, 6.07) is 6.25. The fraction of sp³-hybridized carbons (Fsp3) is 0.556. The maximum absolute atomic E-state index is 12.2. The molecule has 0 atom stereocenters. The lowest BCUT2D eigenvalue weighted by Crippen LogP contribution is -2.44. The van der Waals surface area contributed by atoms with Crippen LogP contribution in [-0.4, -0.2) is 56.7 Å². The van der Waals surface area contributed by atoms with Gasteiger partial charge in [0.2, 0.25) is 5.91 Å². The first-order chi connectivity index (χ1) is 12.6. The Labute approximate surface area is 180 Å². The molecule has 1 amide bonds. The topological polar surface area (TPSA) is 66.0 Å². The van der Waals surface area contributed by atoms with E-state index in [2.05, 4.69) is 34.2 Å². The van der Waals surface area contributed by atoms with Gasteiger partial charge in [0.1, 0.15) is 5.75 Å². The highest BCUT2D eigenvalue weighted by Gasteiger charge is 2.28. The fourth-order valence-corrected chi connectivity index (χ4v) is 1.82. The van der Waals surface area contributed by atoms with Crippen molar-refractivity contribution in [2.45, 2.75) is 26.6 Å². The van der Waals surface area contributed by atoms with Gasteiger partial charge in [-0.2, -0.15) is 13.2 Å². The van der Waals surface area contributed by atoms with E-state index in [1.165, 1.54) is 17.0 Å². The molecule has 0 aliphatic rings. The summed E-state index contributed by atoms with van der Waals surface area (Å²) in [4.78, 5) is 17.6. The summed E-state index contributed by atoms with van der Waals surface area (Å²) >= 11 is 0. The highest BCUT2D eigenvalue weighted by Crippen LogP contribution is 2.19. The minimum Gasteiger partial charge on any atom is -0.484 e. The maximum atomic E-state index is 12.2. The molecule has 0 aliphatic carbocycles. The van der Waals surface area contributed by atoms with E-state index in [-0.39, 0.29) is 42.2 Å². The van der Waals surface area contributed by atoms with Gasteiger partial charge in [-0.15, -0.1) is 24.0 Å². The van der Waals surface area contributed by atoms with Gasteiger partial charge in [-0.3, -0.25) is 4.79 Å². The number of carbonyl (C=O) groups is 1. The summed E-state index contributed by atoms with van der Waals surface area (Å²) in [5.74, 6) is 0.955. The van der Waals surface area contributed by atoms with Crippen molar-refractivity contribution in [2.75, 3.05) is 33.8 Å². The number of guanidine groups is 1. The van der Waals surface area contributed by atoms with Crippen LogP contribution in [0.4, 0.5) is 13.2 Å². The second kappa shape index (κ2) is 12.7. The van der Waals surface area contributed by atoms with Crippen LogP contribution in [0.5, 0.6) is 5.75 Å². The molecule has 0 aromatic heterocycles. The van der Waals surface area contributed by atoms with Gasteiger partial charge < -0.3 is 20.3 Å². The molecule has 0 radical (unpaired) electrons. The van der Waals surface area contributed by atoms with Gasteiger partial charge in [0, 0.05) is 20.6 Å². The summed E-state index contributed by atoms with van der Waals surface area (Å²) in [7, 11) is 3.34. The molecule has 0 spiro atoms. The lowest BCUT2D eigenvalue weighted by Gasteiger charge is -2.16. The van der Waals surface area contributed by atoms with Crippen LogP contribution in [0.1, 0.15) is 19.4 Å². The van der Waals surface area contributed by atoms with E-state index in [4.69, 9.17) is 0 Å². The van der Waals surface area contributed by atoms with Gasteiger partial charge >= 0.3 is 6.18 Å². The molecule has 2 N–H and O–H groups in total. The van der Waals surface area contributed by atoms with Crippen LogP contribution < -0.4 is 15.4 Å². The molecular formula is C18H28F3IN4O2. The van der Waals surface area contributed by atoms with Crippen LogP contribution in [0.25, 0.3) is 0 Å². The third kappa shape index (κ3) is 11.9. The summed E-state index contributed by atoms with van der Waals surface area (Å²) in [5.41, 5.74) is 0.805. The second-order valence-corrected chi connectivity index (χ2v) is 6.63. The van der Waals surface area contributed by atoms with Gasteiger partial charge in [0.05, 0.1) is 13.1 Å². The zero-order valence-electron chi connectivity index (χ0n) is 16.5. The quantitative estimate of drug-likeness (QED) is 0.317. The first-order valence-electron chi connectivity index (χ1n) is 8.57. The maximum Gasteiger partial charge on any atom is 0.422 e. The van der Waals surface area contributed by atoms with Gasteiger partial charge in [-0.25, -0.2) is 4.99 Å². The molecule has 160 valence electrons. The highest BCUT2D eigenvalue weighted by molar-refractivity contribution is 14.0. The van der Waals surface area contributed by atoms with Gasteiger partial charge in [0.15, 0.2) is 12.6 Å². The molecule has 0 saturated heterocycles. The molecule has 1 rings (SSSR count). The standard InChI is InChI=1S/C18H27F3N4O2.HI/c1-13(2)9-22-17(24-11-16(26)25(3)4)23-10-14-5-7-15(8-6-14)27-12-18(19,20)21;/h5-8,13H,9-12H2,1-4H3,(H2,22,23,24);1H. The lowest BCUT2D eigenvalue weighted by molar-refractivity contribution is -0.153. The van der Waals surface area contributed by atoms with E-state index in [0.717, 1.165) is 5.56 Å². The predicted octanol–water partition coefficient (Wildman–Crippen LogP) is 3.03. The number of benzene rings is 1. The first kappa shape index (κ1) is 26.3. The lowest BCUT2D eigenvalue weighted by atomic mass is 10.2. The van der Waals surface area contributed by atoms with Crippen molar-refractivity contribution in [1.29, 1.82) is 0 Å². The Bertz CT molecular complexity index is 620. The Morgan fingerprint density at radius 1 is 1.18 bits per heavy atom. The number of ether oxygens (including phenoxy) is 1. The Balaban J connectivity index is 0.00000729. The SMILES string of the molecule is CC(C)CNC(=NCc1ccc(OCC(F)(F)F)cc1)NCC(=O)N(C)C.I. The molecule has 0 aliphatic heterocycles. The summed E-state index contributed by atoms with van der Waals surface area (Å²) < 4.78 is 41.1. The van der Waals surface area contributed by atoms with Crippen molar-refractivity contribution in [1.82, 2.24) is 15.5 Å². The Hall–Kier alpha value is -1.72. The number of alkyl halides is 3. The molecule has 0 fully saturated rings. The molecule has 0 saturated carbocycles. The largest absolute Gasteiger partial charge is 0.484 e. The minimum atomic E-state index is -4.37. The van der Waals surface area contributed by atoms with Crippen molar-refractivity contribution in [3.63, 3.8) is 0 Å². The number of hydrogen-bond acceptors (Lipinski definition) is 3. The average molecular weight is 516 g/mol. The molecule has 0 bridgehead atoms. The third-order valence-corrected chi connectivity index (χ3v) is 3.33. The highest BCUT2D eigenvalue weighted by atomic mass is 127. The Kier molecular flexibility index (Phi) is 11.9. The molecule has 0 unspecified atom stereocenters. The van der Waals surface area contributed by atoms with Crippen LogP contribution in [-0.2, 0) is 11.3 Å². The normalized spacial score (nSPS) is 11.6. The van der Waals surface area contributed by atoms with E-state index < -0.39 is 12.8 Å². The Morgan fingerprint density at radius 2 is 1.79 bits per heavy atom. The smallest absolute Gasteiger partial charge is 0.422 e. The minimum absolute atomic E-state index is 0. The van der Waals surface area contributed by atoms with E-state index in [0.29, 0.717) is 25.0 Å². The van der Waals surface area contributed by atoms with Crippen LogP contribution in [0.3, 0.4) is 0 Å². The summed E-state index contributed by atoms with van der Waals surface area (Å²) in [6.07, 6.45) is -4.37.